The minimum atomic E-state index is -5.28. The highest BCUT2D eigenvalue weighted by Gasteiger charge is 2.54. The van der Waals surface area contributed by atoms with Crippen LogP contribution in [0, 0.1) is 0 Å². The van der Waals surface area contributed by atoms with Crippen molar-refractivity contribution in [1.82, 2.24) is 6.15 Å². The highest BCUT2D eigenvalue weighted by atomic mass is 31.2. The summed E-state index contributed by atoms with van der Waals surface area (Å²) in [7, 11) is -10.5. The molecule has 19 heteroatoms. The first-order chi connectivity index (χ1) is 20.1. The SMILES string of the molecule is CCCCCCCC(=O)OC[C@H](COP(=O)(O)OC1[C@H](O)[C@H](O)C(OP(=O)(O)O)[C@H](O)[C@H]1O)OC(=O)CCCCCCC.N. The topological polar surface area (TPSA) is 291 Å². The highest BCUT2D eigenvalue weighted by molar-refractivity contribution is 7.47. The monoisotopic (exact) mass is 683 g/mol. The zero-order valence-electron chi connectivity index (χ0n) is 25.3. The summed E-state index contributed by atoms with van der Waals surface area (Å²) in [5.74, 6) is -1.22. The number of carbonyl (C=O) groups excluding carboxylic acids is 2. The predicted octanol–water partition coefficient (Wildman–Crippen LogP) is 1.76. The van der Waals surface area contributed by atoms with E-state index in [2.05, 4.69) is 11.4 Å². The quantitative estimate of drug-likeness (QED) is 0.0458. The molecule has 0 radical (unpaired) electrons. The Morgan fingerprint density at radius 1 is 0.659 bits per heavy atom. The lowest BCUT2D eigenvalue weighted by Gasteiger charge is -2.43. The second-order valence-electron chi connectivity index (χ2n) is 10.5. The van der Waals surface area contributed by atoms with Crippen LogP contribution in [0.5, 0.6) is 0 Å². The first-order valence-corrected chi connectivity index (χ1v) is 17.6. The van der Waals surface area contributed by atoms with Gasteiger partial charge in [-0.1, -0.05) is 65.2 Å². The molecule has 17 nitrogen and oxygen atoms in total. The van der Waals surface area contributed by atoms with E-state index in [1.807, 2.05) is 6.92 Å². The van der Waals surface area contributed by atoms with E-state index in [0.717, 1.165) is 51.4 Å². The average molecular weight is 684 g/mol. The standard InChI is InChI=1S/C25H48O16P2.H3N/c1-3-5-7-9-11-13-18(26)37-15-17(39-19(27)14-12-10-8-6-4-2)16-38-43(35,36)41-25-22(30)20(28)24(21(29)23(25)31)40-42(32,33)34;/h17,20-25,28-31H,3-16H2,1-2H3,(H,35,36)(H2,32,33,34);1H3/t17-,20-,21+,22-,23-,24?,25?;/m1./s1. The number of carbonyl (C=O) groups is 2. The van der Waals surface area contributed by atoms with Crippen LogP contribution in [-0.2, 0) is 41.8 Å². The summed E-state index contributed by atoms with van der Waals surface area (Å²) < 4.78 is 48.0. The zero-order valence-corrected chi connectivity index (χ0v) is 27.1. The van der Waals surface area contributed by atoms with Crippen molar-refractivity contribution in [1.29, 1.82) is 0 Å². The van der Waals surface area contributed by atoms with Gasteiger partial charge in [-0.05, 0) is 12.8 Å². The molecule has 0 aromatic carbocycles. The number of aliphatic hydroxyl groups is 4. The number of hydrogen-bond acceptors (Lipinski definition) is 14. The number of rotatable bonds is 22. The van der Waals surface area contributed by atoms with Crippen LogP contribution >= 0.6 is 15.6 Å². The van der Waals surface area contributed by atoms with Crippen LogP contribution in [0.3, 0.4) is 0 Å². The van der Waals surface area contributed by atoms with Crippen molar-refractivity contribution in [2.24, 2.45) is 0 Å². The van der Waals surface area contributed by atoms with Gasteiger partial charge in [-0.25, -0.2) is 9.13 Å². The van der Waals surface area contributed by atoms with Gasteiger partial charge >= 0.3 is 27.6 Å². The molecule has 0 aromatic rings. The number of ether oxygens (including phenoxy) is 2. The van der Waals surface area contributed by atoms with Crippen molar-refractivity contribution in [3.63, 3.8) is 0 Å². The lowest BCUT2D eigenvalue weighted by Crippen LogP contribution is -2.64. The maximum Gasteiger partial charge on any atom is 0.472 e. The van der Waals surface area contributed by atoms with E-state index in [0.29, 0.717) is 12.8 Å². The molecule has 10 N–H and O–H groups in total. The molecule has 262 valence electrons. The largest absolute Gasteiger partial charge is 0.472 e. The molecular formula is C25H51NO16P2. The number of hydrogen-bond donors (Lipinski definition) is 8. The van der Waals surface area contributed by atoms with Gasteiger partial charge in [0, 0.05) is 12.8 Å². The Bertz CT molecular complexity index is 905. The van der Waals surface area contributed by atoms with Crippen LogP contribution < -0.4 is 6.15 Å². The van der Waals surface area contributed by atoms with Crippen LogP contribution in [0.25, 0.3) is 0 Å². The van der Waals surface area contributed by atoms with Gasteiger partial charge in [-0.3, -0.25) is 23.2 Å². The van der Waals surface area contributed by atoms with E-state index < -0.39 is 83.5 Å². The molecule has 3 unspecified atom stereocenters. The summed E-state index contributed by atoms with van der Waals surface area (Å²) in [5, 5.41) is 40.8. The fraction of sp³-hybridized carbons (Fsp3) is 0.920. The van der Waals surface area contributed by atoms with Gasteiger partial charge in [0.25, 0.3) is 0 Å². The van der Waals surface area contributed by atoms with E-state index in [4.69, 9.17) is 28.3 Å². The van der Waals surface area contributed by atoms with Crippen molar-refractivity contribution >= 4 is 27.6 Å². The van der Waals surface area contributed by atoms with Crippen molar-refractivity contribution < 1.29 is 76.9 Å². The summed E-state index contributed by atoms with van der Waals surface area (Å²) in [6.45, 7) is 2.80. The van der Waals surface area contributed by atoms with E-state index in [9.17, 15) is 44.0 Å². The van der Waals surface area contributed by atoms with Crippen LogP contribution in [0.15, 0.2) is 0 Å². The first-order valence-electron chi connectivity index (χ1n) is 14.6. The average Bonchev–Trinajstić information content (AvgIpc) is 2.93. The minimum Gasteiger partial charge on any atom is -0.462 e. The molecular weight excluding hydrogens is 632 g/mol. The summed E-state index contributed by atoms with van der Waals surface area (Å²) >= 11 is 0. The Balaban J connectivity index is 0.0000185. The van der Waals surface area contributed by atoms with E-state index in [1.165, 1.54) is 0 Å². The number of esters is 2. The molecule has 0 bridgehead atoms. The third kappa shape index (κ3) is 17.0. The van der Waals surface area contributed by atoms with Gasteiger partial charge in [-0.15, -0.1) is 0 Å². The minimum absolute atomic E-state index is 0. The van der Waals surface area contributed by atoms with Gasteiger partial charge in [-0.2, -0.15) is 0 Å². The Morgan fingerprint density at radius 2 is 1.09 bits per heavy atom. The Morgan fingerprint density at radius 3 is 1.55 bits per heavy atom. The second-order valence-corrected chi connectivity index (χ2v) is 13.1. The summed E-state index contributed by atoms with van der Waals surface area (Å²) in [5.41, 5.74) is 0. The van der Waals surface area contributed by atoms with Crippen LogP contribution in [-0.4, -0.2) is 103 Å². The molecule has 1 fully saturated rings. The Labute approximate surface area is 257 Å². The van der Waals surface area contributed by atoms with Gasteiger partial charge in [0.1, 0.15) is 43.2 Å². The van der Waals surface area contributed by atoms with Crippen molar-refractivity contribution in [3.05, 3.63) is 0 Å². The molecule has 8 atom stereocenters. The molecule has 0 spiro atoms. The highest BCUT2D eigenvalue weighted by Crippen LogP contribution is 2.48. The molecule has 1 rings (SSSR count). The summed E-state index contributed by atoms with van der Waals surface area (Å²) in [4.78, 5) is 52.6. The lowest BCUT2D eigenvalue weighted by molar-refractivity contribution is -0.216. The first kappa shape index (κ1) is 43.0. The number of unbranched alkanes of at least 4 members (excludes halogenated alkanes) is 8. The van der Waals surface area contributed by atoms with Crippen molar-refractivity contribution in [2.75, 3.05) is 13.2 Å². The third-order valence-corrected chi connectivity index (χ3v) is 8.18. The van der Waals surface area contributed by atoms with Crippen molar-refractivity contribution in [2.45, 2.75) is 134 Å². The van der Waals surface area contributed by atoms with Crippen LogP contribution in [0.2, 0.25) is 0 Å². The van der Waals surface area contributed by atoms with Gasteiger partial charge in [0.15, 0.2) is 6.10 Å². The van der Waals surface area contributed by atoms with Crippen LogP contribution in [0.4, 0.5) is 0 Å². The van der Waals surface area contributed by atoms with Crippen molar-refractivity contribution in [3.8, 4) is 0 Å². The van der Waals surface area contributed by atoms with E-state index in [-0.39, 0.29) is 19.0 Å². The fourth-order valence-corrected chi connectivity index (χ4v) is 5.85. The number of aliphatic hydroxyl groups excluding tert-OH is 4. The Hall–Kier alpha value is -1.04. The summed E-state index contributed by atoms with van der Waals surface area (Å²) in [6.07, 6.45) is -5.75. The van der Waals surface area contributed by atoms with Gasteiger partial charge in [0.2, 0.25) is 0 Å². The van der Waals surface area contributed by atoms with Gasteiger partial charge < -0.3 is 50.7 Å². The molecule has 0 saturated heterocycles. The van der Waals surface area contributed by atoms with E-state index >= 15 is 0 Å². The molecule has 0 heterocycles. The lowest BCUT2D eigenvalue weighted by atomic mass is 9.85. The molecule has 44 heavy (non-hydrogen) atoms. The molecule has 0 amide bonds. The third-order valence-electron chi connectivity index (χ3n) is 6.68. The number of phosphoric acid groups is 2. The van der Waals surface area contributed by atoms with Crippen LogP contribution in [0.1, 0.15) is 90.9 Å². The molecule has 0 aliphatic heterocycles. The predicted molar refractivity (Wildman–Crippen MR) is 154 cm³/mol. The second kappa shape index (κ2) is 21.7. The molecule has 1 saturated carbocycles. The van der Waals surface area contributed by atoms with Gasteiger partial charge in [0.05, 0.1) is 6.61 Å². The smallest absolute Gasteiger partial charge is 0.462 e. The maximum absolute atomic E-state index is 12.6. The molecule has 0 aromatic heterocycles. The Kier molecular flexibility index (Phi) is 21.2. The molecule has 1 aliphatic carbocycles. The normalized spacial score (nSPS) is 25.8. The number of phosphoric ester groups is 2. The van der Waals surface area contributed by atoms with E-state index in [1.54, 1.807) is 0 Å². The fourth-order valence-electron chi connectivity index (χ4n) is 4.32. The zero-order chi connectivity index (χ0) is 32.6. The molecule has 1 aliphatic rings. The summed E-state index contributed by atoms with van der Waals surface area (Å²) in [6, 6.07) is 0. The maximum atomic E-state index is 12.6.